The Hall–Kier alpha value is -3.18. The summed E-state index contributed by atoms with van der Waals surface area (Å²) in [6.07, 6.45) is 1.80. The predicted octanol–water partition coefficient (Wildman–Crippen LogP) is 4.93. The SMILES string of the molecule is Cc1ccccc1C(=O)c1cn(-c2ccc(C(=O)O)s2)c2ccccc12. The minimum absolute atomic E-state index is 0.0342. The summed E-state index contributed by atoms with van der Waals surface area (Å²) in [5, 5.41) is 10.8. The fourth-order valence-electron chi connectivity index (χ4n) is 3.09. The number of para-hydroxylation sites is 1. The van der Waals surface area contributed by atoms with E-state index in [9.17, 15) is 14.7 Å². The fraction of sp³-hybridized carbons (Fsp3) is 0.0476. The van der Waals surface area contributed by atoms with Gasteiger partial charge < -0.3 is 9.67 Å². The van der Waals surface area contributed by atoms with Crippen LogP contribution in [0.15, 0.2) is 66.9 Å². The van der Waals surface area contributed by atoms with E-state index in [1.54, 1.807) is 18.3 Å². The monoisotopic (exact) mass is 361 g/mol. The summed E-state index contributed by atoms with van der Waals surface area (Å²) in [5.41, 5.74) is 3.09. The molecule has 0 amide bonds. The van der Waals surface area contributed by atoms with E-state index in [-0.39, 0.29) is 10.7 Å². The zero-order valence-corrected chi connectivity index (χ0v) is 14.8. The Balaban J connectivity index is 1.90. The Bertz CT molecular complexity index is 1150. The van der Waals surface area contributed by atoms with Crippen molar-refractivity contribution in [3.05, 3.63) is 88.4 Å². The van der Waals surface area contributed by atoms with E-state index in [2.05, 4.69) is 0 Å². The Kier molecular flexibility index (Phi) is 3.93. The second-order valence-electron chi connectivity index (χ2n) is 6.02. The third-order valence-electron chi connectivity index (χ3n) is 4.39. The van der Waals surface area contributed by atoms with Crippen molar-refractivity contribution in [3.63, 3.8) is 0 Å². The summed E-state index contributed by atoms with van der Waals surface area (Å²) in [5.74, 6) is -0.984. The average molecular weight is 361 g/mol. The van der Waals surface area contributed by atoms with Gasteiger partial charge >= 0.3 is 5.97 Å². The van der Waals surface area contributed by atoms with Crippen LogP contribution in [0.1, 0.15) is 31.2 Å². The molecule has 0 aliphatic heterocycles. The number of thiophene rings is 1. The van der Waals surface area contributed by atoms with Crippen molar-refractivity contribution in [2.45, 2.75) is 6.92 Å². The van der Waals surface area contributed by atoms with Crippen molar-refractivity contribution in [3.8, 4) is 5.00 Å². The van der Waals surface area contributed by atoms with Crippen LogP contribution < -0.4 is 0 Å². The van der Waals surface area contributed by atoms with Crippen molar-refractivity contribution < 1.29 is 14.7 Å². The number of aromatic carboxylic acids is 1. The Morgan fingerprint density at radius 2 is 1.65 bits per heavy atom. The summed E-state index contributed by atoms with van der Waals surface area (Å²) in [6, 6.07) is 18.5. The van der Waals surface area contributed by atoms with Crippen LogP contribution >= 0.6 is 11.3 Å². The van der Waals surface area contributed by atoms with E-state index in [1.165, 1.54) is 11.3 Å². The first-order chi connectivity index (χ1) is 12.6. The molecular weight excluding hydrogens is 346 g/mol. The maximum Gasteiger partial charge on any atom is 0.345 e. The quantitative estimate of drug-likeness (QED) is 0.524. The van der Waals surface area contributed by atoms with Crippen LogP contribution in [0.4, 0.5) is 0 Å². The molecule has 0 spiro atoms. The molecule has 2 heterocycles. The number of carbonyl (C=O) groups is 2. The maximum absolute atomic E-state index is 13.1. The van der Waals surface area contributed by atoms with Crippen LogP contribution in [0, 0.1) is 6.92 Å². The normalized spacial score (nSPS) is 11.0. The number of benzene rings is 2. The van der Waals surface area contributed by atoms with Gasteiger partial charge in [-0.1, -0.05) is 42.5 Å². The molecule has 0 bridgehead atoms. The molecule has 0 saturated carbocycles. The molecule has 1 N–H and O–H groups in total. The number of hydrogen-bond donors (Lipinski definition) is 1. The van der Waals surface area contributed by atoms with Gasteiger partial charge in [-0.2, -0.15) is 0 Å². The molecule has 0 radical (unpaired) electrons. The number of carbonyl (C=O) groups excluding carboxylic acids is 1. The Morgan fingerprint density at radius 1 is 0.923 bits per heavy atom. The maximum atomic E-state index is 13.1. The standard InChI is InChI=1S/C21H15NO3S/c1-13-6-2-3-7-14(13)20(23)16-12-22(17-9-5-4-8-15(16)17)19-11-10-18(26-19)21(24)25/h2-12H,1H3,(H,24,25). The molecule has 0 fully saturated rings. The average Bonchev–Trinajstić information content (AvgIpc) is 3.26. The first-order valence-electron chi connectivity index (χ1n) is 8.10. The molecule has 4 nitrogen and oxygen atoms in total. The van der Waals surface area contributed by atoms with E-state index < -0.39 is 5.97 Å². The van der Waals surface area contributed by atoms with Crippen LogP contribution in [-0.2, 0) is 0 Å². The van der Waals surface area contributed by atoms with Gasteiger partial charge in [-0.25, -0.2) is 4.79 Å². The number of rotatable bonds is 4. The molecule has 0 unspecified atom stereocenters. The molecule has 26 heavy (non-hydrogen) atoms. The smallest absolute Gasteiger partial charge is 0.345 e. The number of fused-ring (bicyclic) bond motifs is 1. The number of hydrogen-bond acceptors (Lipinski definition) is 3. The van der Waals surface area contributed by atoms with E-state index in [1.807, 2.05) is 60.0 Å². The molecule has 2 aromatic carbocycles. The second kappa shape index (κ2) is 6.28. The van der Waals surface area contributed by atoms with Gasteiger partial charge in [-0.15, -0.1) is 11.3 Å². The summed E-state index contributed by atoms with van der Waals surface area (Å²) in [4.78, 5) is 24.6. The highest BCUT2D eigenvalue weighted by molar-refractivity contribution is 7.16. The molecule has 0 atom stereocenters. The van der Waals surface area contributed by atoms with Gasteiger partial charge in [0.05, 0.1) is 5.52 Å². The topological polar surface area (TPSA) is 59.3 Å². The lowest BCUT2D eigenvalue weighted by Crippen LogP contribution is -2.02. The van der Waals surface area contributed by atoms with Crippen LogP contribution in [-0.4, -0.2) is 21.4 Å². The minimum Gasteiger partial charge on any atom is -0.477 e. The van der Waals surface area contributed by atoms with E-state index in [0.29, 0.717) is 11.1 Å². The van der Waals surface area contributed by atoms with Crippen LogP contribution in [0.5, 0.6) is 0 Å². The molecule has 4 aromatic rings. The van der Waals surface area contributed by atoms with Crippen molar-refractivity contribution in [1.82, 2.24) is 4.57 Å². The van der Waals surface area contributed by atoms with Crippen LogP contribution in [0.2, 0.25) is 0 Å². The summed E-state index contributed by atoms with van der Waals surface area (Å²) >= 11 is 1.19. The van der Waals surface area contributed by atoms with Crippen molar-refractivity contribution in [1.29, 1.82) is 0 Å². The summed E-state index contributed by atoms with van der Waals surface area (Å²) in [7, 11) is 0. The van der Waals surface area contributed by atoms with E-state index in [0.717, 1.165) is 21.5 Å². The highest BCUT2D eigenvalue weighted by atomic mass is 32.1. The van der Waals surface area contributed by atoms with Crippen LogP contribution in [0.25, 0.3) is 15.9 Å². The Morgan fingerprint density at radius 3 is 2.38 bits per heavy atom. The first kappa shape index (κ1) is 16.3. The van der Waals surface area contributed by atoms with Gasteiger partial charge in [0.15, 0.2) is 5.78 Å². The summed E-state index contributed by atoms with van der Waals surface area (Å²) < 4.78 is 1.89. The third kappa shape index (κ3) is 2.62. The molecule has 0 aliphatic carbocycles. The van der Waals surface area contributed by atoms with Gasteiger partial charge in [0.25, 0.3) is 0 Å². The largest absolute Gasteiger partial charge is 0.477 e. The molecule has 128 valence electrons. The molecule has 4 rings (SSSR count). The lowest BCUT2D eigenvalue weighted by Gasteiger charge is -2.03. The lowest BCUT2D eigenvalue weighted by atomic mass is 9.99. The van der Waals surface area contributed by atoms with Gasteiger partial charge in [-0.3, -0.25) is 4.79 Å². The van der Waals surface area contributed by atoms with Gasteiger partial charge in [0.1, 0.15) is 9.88 Å². The lowest BCUT2D eigenvalue weighted by molar-refractivity contribution is 0.0702. The number of aromatic nitrogens is 1. The van der Waals surface area contributed by atoms with Gasteiger partial charge in [0.2, 0.25) is 0 Å². The molecule has 0 aliphatic rings. The number of ketones is 1. The third-order valence-corrected chi connectivity index (χ3v) is 5.46. The van der Waals surface area contributed by atoms with Gasteiger partial charge in [0, 0.05) is 22.7 Å². The summed E-state index contributed by atoms with van der Waals surface area (Å²) in [6.45, 7) is 1.92. The zero-order chi connectivity index (χ0) is 18.3. The fourth-order valence-corrected chi connectivity index (χ4v) is 3.92. The van der Waals surface area contributed by atoms with Crippen molar-refractivity contribution >= 4 is 34.0 Å². The number of carboxylic acid groups (broad SMARTS) is 1. The minimum atomic E-state index is -0.950. The van der Waals surface area contributed by atoms with E-state index in [4.69, 9.17) is 0 Å². The predicted molar refractivity (Wildman–Crippen MR) is 103 cm³/mol. The van der Waals surface area contributed by atoms with Crippen molar-refractivity contribution in [2.75, 3.05) is 0 Å². The molecule has 2 aromatic heterocycles. The van der Waals surface area contributed by atoms with Crippen molar-refractivity contribution in [2.24, 2.45) is 0 Å². The molecular formula is C21H15NO3S. The second-order valence-corrected chi connectivity index (χ2v) is 7.08. The molecule has 0 saturated heterocycles. The van der Waals surface area contributed by atoms with Crippen LogP contribution in [0.3, 0.4) is 0 Å². The number of aryl methyl sites for hydroxylation is 1. The highest BCUT2D eigenvalue weighted by Gasteiger charge is 2.19. The van der Waals surface area contributed by atoms with Gasteiger partial charge in [-0.05, 0) is 30.7 Å². The first-order valence-corrected chi connectivity index (χ1v) is 8.92. The molecule has 5 heteroatoms. The number of carboxylic acids is 1. The number of nitrogens with zero attached hydrogens (tertiary/aromatic N) is 1. The van der Waals surface area contributed by atoms with E-state index >= 15 is 0 Å². The highest BCUT2D eigenvalue weighted by Crippen LogP contribution is 2.30. The Labute approximate surface area is 153 Å². The zero-order valence-electron chi connectivity index (χ0n) is 14.0.